The smallest absolute Gasteiger partial charge is 0.321 e. The Hall–Kier alpha value is -2.96. The molecule has 1 atom stereocenters. The quantitative estimate of drug-likeness (QED) is 0.900. The largest absolute Gasteiger partial charge is 0.324 e. The van der Waals surface area contributed by atoms with Crippen molar-refractivity contribution in [2.24, 2.45) is 5.92 Å². The lowest BCUT2D eigenvalue weighted by molar-refractivity contribution is -0.121. The number of carbonyl (C=O) groups is 2. The molecular weight excluding hydrogens is 318 g/mol. The molecule has 0 aromatic carbocycles. The lowest BCUT2D eigenvalue weighted by Gasteiger charge is -2.32. The van der Waals surface area contributed by atoms with E-state index in [1.54, 1.807) is 41.7 Å². The molecule has 130 valence electrons. The van der Waals surface area contributed by atoms with Gasteiger partial charge in [-0.15, -0.1) is 0 Å². The zero-order chi connectivity index (χ0) is 17.6. The number of hydrogen-bond donors (Lipinski definition) is 2. The molecule has 1 aliphatic heterocycles. The normalized spacial score (nSPS) is 17.0. The first kappa shape index (κ1) is 16.9. The Morgan fingerprint density at radius 1 is 1.20 bits per heavy atom. The van der Waals surface area contributed by atoms with Crippen LogP contribution in [-0.4, -0.2) is 39.9 Å². The summed E-state index contributed by atoms with van der Waals surface area (Å²) < 4.78 is 0. The molecule has 0 saturated carbocycles. The van der Waals surface area contributed by atoms with Crippen LogP contribution in [0.15, 0.2) is 42.9 Å². The molecule has 2 N–H and O–H groups in total. The predicted molar refractivity (Wildman–Crippen MR) is 95.2 cm³/mol. The first-order chi connectivity index (χ1) is 12.1. The van der Waals surface area contributed by atoms with Gasteiger partial charge in [0, 0.05) is 25.5 Å². The van der Waals surface area contributed by atoms with Crippen LogP contribution in [0.1, 0.15) is 18.4 Å². The maximum absolute atomic E-state index is 12.5. The van der Waals surface area contributed by atoms with Gasteiger partial charge in [0.15, 0.2) is 0 Å². The van der Waals surface area contributed by atoms with E-state index in [0.29, 0.717) is 24.6 Å². The SMILES string of the molecule is Cc1ccc(NC(=O)C2CCCN(C(=O)Nc3cccnc3)C2)nc1. The fraction of sp³-hybridized carbons (Fsp3) is 0.333. The molecule has 2 aromatic heterocycles. The minimum Gasteiger partial charge on any atom is -0.324 e. The van der Waals surface area contributed by atoms with Gasteiger partial charge in [0.25, 0.3) is 0 Å². The summed E-state index contributed by atoms with van der Waals surface area (Å²) in [6.45, 7) is 2.97. The van der Waals surface area contributed by atoms with Crippen LogP contribution >= 0.6 is 0 Å². The number of aromatic nitrogens is 2. The second-order valence-electron chi connectivity index (χ2n) is 6.17. The van der Waals surface area contributed by atoms with Gasteiger partial charge >= 0.3 is 6.03 Å². The molecule has 7 heteroatoms. The number of rotatable bonds is 3. The van der Waals surface area contributed by atoms with Crippen molar-refractivity contribution in [3.63, 3.8) is 0 Å². The van der Waals surface area contributed by atoms with Crippen LogP contribution in [0.5, 0.6) is 0 Å². The highest BCUT2D eigenvalue weighted by molar-refractivity contribution is 5.93. The number of hydrogen-bond acceptors (Lipinski definition) is 4. The zero-order valence-electron chi connectivity index (χ0n) is 14.1. The van der Waals surface area contributed by atoms with E-state index in [2.05, 4.69) is 20.6 Å². The Morgan fingerprint density at radius 2 is 2.08 bits per heavy atom. The Balaban J connectivity index is 1.57. The summed E-state index contributed by atoms with van der Waals surface area (Å²) in [5.74, 6) is 0.194. The minimum atomic E-state index is -0.239. The van der Waals surface area contributed by atoms with Gasteiger partial charge in [-0.25, -0.2) is 9.78 Å². The maximum Gasteiger partial charge on any atom is 0.321 e. The van der Waals surface area contributed by atoms with E-state index in [0.717, 1.165) is 18.4 Å². The van der Waals surface area contributed by atoms with Crippen LogP contribution in [0.4, 0.5) is 16.3 Å². The van der Waals surface area contributed by atoms with Crippen LogP contribution in [0.2, 0.25) is 0 Å². The number of anilines is 2. The second-order valence-corrected chi connectivity index (χ2v) is 6.17. The van der Waals surface area contributed by atoms with E-state index in [4.69, 9.17) is 0 Å². The predicted octanol–water partition coefficient (Wildman–Crippen LogP) is 2.67. The van der Waals surface area contributed by atoms with Crippen LogP contribution < -0.4 is 10.6 Å². The lowest BCUT2D eigenvalue weighted by Crippen LogP contribution is -2.45. The van der Waals surface area contributed by atoms with Gasteiger partial charge in [-0.3, -0.25) is 9.78 Å². The summed E-state index contributed by atoms with van der Waals surface area (Å²) in [5.41, 5.74) is 1.68. The molecule has 3 rings (SSSR count). The number of aryl methyl sites for hydroxylation is 1. The summed E-state index contributed by atoms with van der Waals surface area (Å²) in [6, 6.07) is 7.01. The first-order valence-corrected chi connectivity index (χ1v) is 8.31. The van der Waals surface area contributed by atoms with E-state index >= 15 is 0 Å². The Labute approximate surface area is 146 Å². The van der Waals surface area contributed by atoms with Crippen LogP contribution in [0.3, 0.4) is 0 Å². The molecular formula is C18H21N5O2. The fourth-order valence-corrected chi connectivity index (χ4v) is 2.78. The average Bonchev–Trinajstić information content (AvgIpc) is 2.64. The van der Waals surface area contributed by atoms with Crippen LogP contribution in [0, 0.1) is 12.8 Å². The standard InChI is InChI=1S/C18H21N5O2/c1-13-6-7-16(20-10-13)22-17(24)14-4-3-9-23(12-14)18(25)21-15-5-2-8-19-11-15/h2,5-8,10-11,14H,3-4,9,12H2,1H3,(H,21,25)(H,20,22,24). The molecule has 0 spiro atoms. The molecule has 7 nitrogen and oxygen atoms in total. The zero-order valence-corrected chi connectivity index (χ0v) is 14.1. The molecule has 1 saturated heterocycles. The molecule has 0 radical (unpaired) electrons. The summed E-state index contributed by atoms with van der Waals surface area (Å²) in [5, 5.41) is 5.64. The Kier molecular flexibility index (Phi) is 5.23. The van der Waals surface area contributed by atoms with E-state index in [1.165, 1.54) is 0 Å². The third-order valence-corrected chi connectivity index (χ3v) is 4.15. The Bertz CT molecular complexity index is 733. The van der Waals surface area contributed by atoms with E-state index in [-0.39, 0.29) is 17.9 Å². The minimum absolute atomic E-state index is 0.102. The molecule has 25 heavy (non-hydrogen) atoms. The maximum atomic E-state index is 12.5. The van der Waals surface area contributed by atoms with Crippen molar-refractivity contribution in [2.75, 3.05) is 23.7 Å². The third-order valence-electron chi connectivity index (χ3n) is 4.15. The van der Waals surface area contributed by atoms with Crippen LogP contribution in [0.25, 0.3) is 0 Å². The van der Waals surface area contributed by atoms with Crippen molar-refractivity contribution < 1.29 is 9.59 Å². The highest BCUT2D eigenvalue weighted by Crippen LogP contribution is 2.19. The molecule has 0 bridgehead atoms. The van der Waals surface area contributed by atoms with Gasteiger partial charge in [-0.1, -0.05) is 6.07 Å². The number of amides is 3. The van der Waals surface area contributed by atoms with Gasteiger partial charge in [-0.05, 0) is 43.5 Å². The summed E-state index contributed by atoms with van der Waals surface area (Å²) in [7, 11) is 0. The highest BCUT2D eigenvalue weighted by atomic mass is 16.2. The number of carbonyl (C=O) groups excluding carboxylic acids is 2. The number of likely N-dealkylation sites (tertiary alicyclic amines) is 1. The molecule has 3 heterocycles. The van der Waals surface area contributed by atoms with Crippen LogP contribution in [-0.2, 0) is 4.79 Å². The Morgan fingerprint density at radius 3 is 2.80 bits per heavy atom. The first-order valence-electron chi connectivity index (χ1n) is 8.31. The highest BCUT2D eigenvalue weighted by Gasteiger charge is 2.28. The number of piperidine rings is 1. The topological polar surface area (TPSA) is 87.2 Å². The van der Waals surface area contributed by atoms with Gasteiger partial charge in [0.2, 0.25) is 5.91 Å². The lowest BCUT2D eigenvalue weighted by atomic mass is 9.97. The number of nitrogens with one attached hydrogen (secondary N) is 2. The monoisotopic (exact) mass is 339 g/mol. The summed E-state index contributed by atoms with van der Waals surface area (Å²) in [6.07, 6.45) is 6.50. The van der Waals surface area contributed by atoms with Gasteiger partial charge in [0.05, 0.1) is 17.8 Å². The van der Waals surface area contributed by atoms with Crippen molar-refractivity contribution in [1.82, 2.24) is 14.9 Å². The van der Waals surface area contributed by atoms with Crippen molar-refractivity contribution in [3.8, 4) is 0 Å². The summed E-state index contributed by atoms with van der Waals surface area (Å²) in [4.78, 5) is 34.7. The molecule has 2 aromatic rings. The molecule has 1 fully saturated rings. The number of pyridine rings is 2. The molecule has 3 amide bonds. The third kappa shape index (κ3) is 4.53. The molecule has 1 unspecified atom stereocenters. The fourth-order valence-electron chi connectivity index (χ4n) is 2.78. The van der Waals surface area contributed by atoms with Crippen molar-refractivity contribution in [2.45, 2.75) is 19.8 Å². The second kappa shape index (κ2) is 7.74. The van der Waals surface area contributed by atoms with E-state index < -0.39 is 0 Å². The summed E-state index contributed by atoms with van der Waals surface area (Å²) >= 11 is 0. The van der Waals surface area contributed by atoms with E-state index in [1.807, 2.05) is 13.0 Å². The average molecular weight is 339 g/mol. The van der Waals surface area contributed by atoms with Gasteiger partial charge in [0.1, 0.15) is 5.82 Å². The number of nitrogens with zero attached hydrogens (tertiary/aromatic N) is 3. The van der Waals surface area contributed by atoms with Crippen molar-refractivity contribution in [1.29, 1.82) is 0 Å². The van der Waals surface area contributed by atoms with Crippen molar-refractivity contribution in [3.05, 3.63) is 48.4 Å². The number of urea groups is 1. The molecule has 0 aliphatic carbocycles. The van der Waals surface area contributed by atoms with Gasteiger partial charge in [-0.2, -0.15) is 0 Å². The van der Waals surface area contributed by atoms with E-state index in [9.17, 15) is 9.59 Å². The van der Waals surface area contributed by atoms with Gasteiger partial charge < -0.3 is 15.5 Å². The molecule has 1 aliphatic rings. The van der Waals surface area contributed by atoms with Crippen molar-refractivity contribution >= 4 is 23.4 Å².